The Bertz CT molecular complexity index is 411. The molecule has 99 valence electrons. The van der Waals surface area contributed by atoms with Gasteiger partial charge in [0.25, 0.3) is 0 Å². The van der Waals surface area contributed by atoms with Gasteiger partial charge in [0, 0.05) is 6.54 Å². The minimum Gasteiger partial charge on any atom is -0.320 e. The molecule has 0 saturated heterocycles. The molecule has 0 unspecified atom stereocenters. The summed E-state index contributed by atoms with van der Waals surface area (Å²) >= 11 is 0. The predicted molar refractivity (Wildman–Crippen MR) is 79.2 cm³/mol. The molecule has 0 bridgehead atoms. The first-order valence-corrected chi connectivity index (χ1v) is 9.15. The van der Waals surface area contributed by atoms with Crippen LogP contribution >= 0.6 is 0 Å². The molecule has 0 saturated carbocycles. The van der Waals surface area contributed by atoms with Gasteiger partial charge in [-0.15, -0.1) is 0 Å². The Labute approximate surface area is 113 Å². The van der Waals surface area contributed by atoms with E-state index in [1.165, 1.54) is 17.7 Å². The van der Waals surface area contributed by atoms with Gasteiger partial charge in [-0.2, -0.15) is 0 Å². The highest BCUT2D eigenvalue weighted by Crippen LogP contribution is 2.45. The van der Waals surface area contributed by atoms with Gasteiger partial charge < -0.3 is 4.53 Å². The largest absolute Gasteiger partial charge is 0.320 e. The number of anilines is 1. The van der Waals surface area contributed by atoms with Gasteiger partial charge in [0.05, 0.1) is 5.69 Å². The highest BCUT2D eigenvalue weighted by atomic mass is 28.3. The van der Waals surface area contributed by atoms with Crippen molar-refractivity contribution >= 4 is 14.7 Å². The van der Waals surface area contributed by atoms with Crippen molar-refractivity contribution in [2.24, 2.45) is 5.41 Å². The Balaban J connectivity index is 2.34. The molecule has 1 radical (unpaired) electrons. The number of hydrogen-bond donors (Lipinski definition) is 0. The maximum Gasteiger partial charge on any atom is 0.244 e. The van der Waals surface area contributed by atoms with Crippen molar-refractivity contribution in [2.75, 3.05) is 11.6 Å². The Morgan fingerprint density at radius 2 is 1.89 bits per heavy atom. The number of hydroxylamine groups is 1. The molecule has 2 rings (SSSR count). The number of nitrogens with zero attached hydrogens (tertiary/aromatic N) is 1. The average molecular weight is 262 g/mol. The summed E-state index contributed by atoms with van der Waals surface area (Å²) in [5.74, 6) is 0.623. The zero-order valence-electron chi connectivity index (χ0n) is 12.2. The molecule has 0 aliphatic carbocycles. The van der Waals surface area contributed by atoms with E-state index < -0.39 is 9.04 Å². The molecule has 0 fully saturated rings. The van der Waals surface area contributed by atoms with E-state index in [2.05, 4.69) is 63.2 Å². The zero-order valence-corrected chi connectivity index (χ0v) is 13.2. The van der Waals surface area contributed by atoms with E-state index in [9.17, 15) is 0 Å². The van der Waals surface area contributed by atoms with Crippen LogP contribution in [0.1, 0.15) is 38.7 Å². The van der Waals surface area contributed by atoms with Crippen LogP contribution in [-0.4, -0.2) is 15.6 Å². The van der Waals surface area contributed by atoms with Gasteiger partial charge in [-0.25, -0.2) is 0 Å². The number of fused-ring (bicyclic) bond motifs is 1. The first-order chi connectivity index (χ1) is 8.39. The highest BCUT2D eigenvalue weighted by Gasteiger charge is 2.33. The van der Waals surface area contributed by atoms with Crippen LogP contribution in [0.3, 0.4) is 0 Å². The van der Waals surface area contributed by atoms with Gasteiger partial charge in [0.2, 0.25) is 9.04 Å². The topological polar surface area (TPSA) is 12.5 Å². The molecule has 1 heterocycles. The molecule has 0 amide bonds. The molecular formula is C15H24NOSi. The molecule has 1 aliphatic rings. The van der Waals surface area contributed by atoms with E-state index in [0.717, 1.165) is 6.54 Å². The van der Waals surface area contributed by atoms with Gasteiger partial charge in [-0.1, -0.05) is 39.0 Å². The molecule has 3 heteroatoms. The van der Waals surface area contributed by atoms with Crippen LogP contribution in [0.2, 0.25) is 13.1 Å². The lowest BCUT2D eigenvalue weighted by molar-refractivity contribution is 0.232. The maximum absolute atomic E-state index is 6.01. The Hall–Kier alpha value is -0.803. The summed E-state index contributed by atoms with van der Waals surface area (Å²) in [6, 6.07) is 8.71. The van der Waals surface area contributed by atoms with E-state index in [1.54, 1.807) is 0 Å². The smallest absolute Gasteiger partial charge is 0.244 e. The van der Waals surface area contributed by atoms with Crippen LogP contribution in [-0.2, 0) is 4.53 Å². The van der Waals surface area contributed by atoms with E-state index in [4.69, 9.17) is 4.53 Å². The molecule has 0 N–H and O–H groups in total. The van der Waals surface area contributed by atoms with Gasteiger partial charge >= 0.3 is 0 Å². The third-order valence-electron chi connectivity index (χ3n) is 3.54. The fraction of sp³-hybridized carbons (Fsp3) is 0.600. The summed E-state index contributed by atoms with van der Waals surface area (Å²) in [5.41, 5.74) is 3.03. The minimum atomic E-state index is -0.702. The van der Waals surface area contributed by atoms with Gasteiger partial charge in [0.15, 0.2) is 0 Å². The summed E-state index contributed by atoms with van der Waals surface area (Å²) in [4.78, 5) is 0. The molecule has 0 aromatic heterocycles. The van der Waals surface area contributed by atoms with Crippen LogP contribution < -0.4 is 5.06 Å². The fourth-order valence-electron chi connectivity index (χ4n) is 2.75. The van der Waals surface area contributed by atoms with Crippen molar-refractivity contribution in [2.45, 2.75) is 46.2 Å². The van der Waals surface area contributed by atoms with Crippen molar-refractivity contribution in [3.05, 3.63) is 29.8 Å². The third kappa shape index (κ3) is 2.78. The Morgan fingerprint density at radius 3 is 2.50 bits per heavy atom. The first kappa shape index (κ1) is 13.6. The molecular weight excluding hydrogens is 238 g/mol. The van der Waals surface area contributed by atoms with E-state index in [0.29, 0.717) is 11.3 Å². The number of benzene rings is 1. The lowest BCUT2D eigenvalue weighted by atomic mass is 9.73. The second kappa shape index (κ2) is 5.06. The summed E-state index contributed by atoms with van der Waals surface area (Å²) in [6.07, 6.45) is 1.18. The zero-order chi connectivity index (χ0) is 13.3. The van der Waals surface area contributed by atoms with Gasteiger partial charge in [0.1, 0.15) is 0 Å². The quantitative estimate of drug-likeness (QED) is 0.740. The van der Waals surface area contributed by atoms with E-state index >= 15 is 0 Å². The van der Waals surface area contributed by atoms with Crippen molar-refractivity contribution in [3.8, 4) is 0 Å². The van der Waals surface area contributed by atoms with Gasteiger partial charge in [-0.3, -0.25) is 5.06 Å². The Morgan fingerprint density at radius 1 is 1.22 bits per heavy atom. The summed E-state index contributed by atoms with van der Waals surface area (Å²) in [7, 11) is -0.702. The SMILES string of the molecule is C[Si](C)ON1CC[C@@H](C(C)(C)C)c2ccccc21. The molecule has 18 heavy (non-hydrogen) atoms. The van der Waals surface area contributed by atoms with Crippen LogP contribution in [0.4, 0.5) is 5.69 Å². The average Bonchev–Trinajstić information content (AvgIpc) is 2.27. The third-order valence-corrected chi connectivity index (χ3v) is 4.13. The van der Waals surface area contributed by atoms with Crippen molar-refractivity contribution < 1.29 is 4.53 Å². The van der Waals surface area contributed by atoms with Crippen LogP contribution in [0.25, 0.3) is 0 Å². The molecule has 1 aliphatic heterocycles. The van der Waals surface area contributed by atoms with E-state index in [-0.39, 0.29) is 0 Å². The molecule has 2 nitrogen and oxygen atoms in total. The van der Waals surface area contributed by atoms with Crippen LogP contribution in [0, 0.1) is 5.41 Å². The summed E-state index contributed by atoms with van der Waals surface area (Å²) in [6.45, 7) is 12.4. The normalized spacial score (nSPS) is 20.1. The lowest BCUT2D eigenvalue weighted by Crippen LogP contribution is -2.37. The predicted octanol–water partition coefficient (Wildman–Crippen LogP) is 4.21. The first-order valence-electron chi connectivity index (χ1n) is 6.74. The fourth-order valence-corrected chi connectivity index (χ4v) is 3.38. The Kier molecular flexibility index (Phi) is 3.83. The lowest BCUT2D eigenvalue weighted by Gasteiger charge is -2.41. The number of rotatable bonds is 2. The van der Waals surface area contributed by atoms with Crippen LogP contribution in [0.5, 0.6) is 0 Å². The number of hydrogen-bond acceptors (Lipinski definition) is 2. The number of para-hydroxylation sites is 1. The van der Waals surface area contributed by atoms with E-state index in [1.807, 2.05) is 0 Å². The van der Waals surface area contributed by atoms with Crippen molar-refractivity contribution in [1.29, 1.82) is 0 Å². The second-order valence-corrected chi connectivity index (χ2v) is 8.37. The summed E-state index contributed by atoms with van der Waals surface area (Å²) in [5, 5.41) is 2.12. The monoisotopic (exact) mass is 262 g/mol. The molecule has 1 atom stereocenters. The molecule has 0 spiro atoms. The standard InChI is InChI=1S/C15H24NOSi/c1-15(2,3)13-10-11-16(17-18(4)5)14-9-7-6-8-12(13)14/h6-9,13H,10-11H2,1-5H3/t13-/m1/s1. The van der Waals surface area contributed by atoms with Gasteiger partial charge in [-0.05, 0) is 42.5 Å². The minimum absolute atomic E-state index is 0.314. The second-order valence-electron chi connectivity index (χ2n) is 6.37. The highest BCUT2D eigenvalue weighted by molar-refractivity contribution is 6.48. The van der Waals surface area contributed by atoms with Crippen molar-refractivity contribution in [3.63, 3.8) is 0 Å². The molecule has 1 aromatic carbocycles. The van der Waals surface area contributed by atoms with Crippen LogP contribution in [0.15, 0.2) is 24.3 Å². The van der Waals surface area contributed by atoms with Crippen molar-refractivity contribution in [1.82, 2.24) is 0 Å². The molecule has 1 aromatic rings. The maximum atomic E-state index is 6.01. The summed E-state index contributed by atoms with van der Waals surface area (Å²) < 4.78 is 6.01.